The van der Waals surface area contributed by atoms with Gasteiger partial charge in [-0.2, -0.15) is 0 Å². The van der Waals surface area contributed by atoms with Gasteiger partial charge in [-0.25, -0.2) is 0 Å². The summed E-state index contributed by atoms with van der Waals surface area (Å²) in [5, 5.41) is 41.4. The Hall–Kier alpha value is -0.770. The summed E-state index contributed by atoms with van der Waals surface area (Å²) < 4.78 is 16.8. The van der Waals surface area contributed by atoms with Crippen LogP contribution in [0.15, 0.2) is 0 Å². The molecule has 0 heterocycles. The summed E-state index contributed by atoms with van der Waals surface area (Å²) in [4.78, 5) is 12.5. The summed E-state index contributed by atoms with van der Waals surface area (Å²) in [6.07, 6.45) is 22.2. The van der Waals surface area contributed by atoms with Crippen LogP contribution in [0.4, 0.5) is 0 Å². The summed E-state index contributed by atoms with van der Waals surface area (Å²) in [5.74, 6) is 1.16. The lowest BCUT2D eigenvalue weighted by Crippen LogP contribution is -2.41. The predicted octanol–water partition coefficient (Wildman–Crippen LogP) is 8.82. The first kappa shape index (κ1) is 46.3. The van der Waals surface area contributed by atoms with Gasteiger partial charge in [0.2, 0.25) is 0 Å². The molecule has 0 spiro atoms. The average molecular weight is 701 g/mol. The van der Waals surface area contributed by atoms with Gasteiger partial charge in [-0.15, -0.1) is 0 Å². The number of esters is 1. The highest BCUT2D eigenvalue weighted by Crippen LogP contribution is 2.28. The molecule has 8 heteroatoms. The monoisotopic (exact) mass is 701 g/mol. The number of ether oxygens (including phenoxy) is 3. The van der Waals surface area contributed by atoms with Crippen LogP contribution < -0.4 is 0 Å². The molecule has 8 atom stereocenters. The minimum atomic E-state index is -1.49. The molecule has 1 aliphatic carbocycles. The van der Waals surface area contributed by atoms with Crippen LogP contribution in [0.2, 0.25) is 0 Å². The first-order valence-corrected chi connectivity index (χ1v) is 20.8. The Morgan fingerprint density at radius 2 is 0.980 bits per heavy atom. The van der Waals surface area contributed by atoms with Crippen LogP contribution in [0.5, 0.6) is 0 Å². The molecule has 4 N–H and O–H groups in total. The molecule has 0 bridgehead atoms. The van der Waals surface area contributed by atoms with E-state index < -0.39 is 42.6 Å². The van der Waals surface area contributed by atoms with E-state index in [1.807, 2.05) is 0 Å². The molecule has 0 aromatic heterocycles. The van der Waals surface area contributed by atoms with Crippen molar-refractivity contribution in [1.82, 2.24) is 0 Å². The Balaban J connectivity index is 2.12. The number of carbonyl (C=O) groups excluding carboxylic acids is 1. The molecule has 0 aromatic carbocycles. The lowest BCUT2D eigenvalue weighted by molar-refractivity contribution is -0.168. The topological polar surface area (TPSA) is 126 Å². The molecule has 3 unspecified atom stereocenters. The summed E-state index contributed by atoms with van der Waals surface area (Å²) in [5.41, 5.74) is 0. The van der Waals surface area contributed by atoms with Gasteiger partial charge in [0.1, 0.15) is 30.5 Å². The second-order valence-corrected chi connectivity index (χ2v) is 15.4. The van der Waals surface area contributed by atoms with E-state index in [9.17, 15) is 25.2 Å². The zero-order valence-corrected chi connectivity index (χ0v) is 32.3. The number of carbonyl (C=O) groups is 1. The van der Waals surface area contributed by atoms with Crippen LogP contribution in [-0.2, 0) is 19.0 Å². The van der Waals surface area contributed by atoms with Crippen molar-refractivity contribution < 1.29 is 39.4 Å². The van der Waals surface area contributed by atoms with Crippen LogP contribution in [0.1, 0.15) is 188 Å². The maximum absolute atomic E-state index is 12.5. The molecule has 1 aliphatic rings. The van der Waals surface area contributed by atoms with Gasteiger partial charge in [0.05, 0.1) is 13.2 Å². The van der Waals surface area contributed by atoms with E-state index >= 15 is 0 Å². The fourth-order valence-electron chi connectivity index (χ4n) is 7.01. The Kier molecular flexibility index (Phi) is 29.1. The number of aliphatic hydroxyl groups is 4. The third kappa shape index (κ3) is 23.4. The lowest BCUT2D eigenvalue weighted by atomic mass is 9.96. The first-order valence-electron chi connectivity index (χ1n) is 20.8. The highest BCUT2D eigenvalue weighted by Gasteiger charge is 2.52. The van der Waals surface area contributed by atoms with Gasteiger partial charge in [-0.3, -0.25) is 4.79 Å². The summed E-state index contributed by atoms with van der Waals surface area (Å²) in [6, 6.07) is 0. The Bertz CT molecular complexity index is 751. The second-order valence-electron chi connectivity index (χ2n) is 15.4. The van der Waals surface area contributed by atoms with E-state index in [1.54, 1.807) is 0 Å². The molecule has 49 heavy (non-hydrogen) atoms. The van der Waals surface area contributed by atoms with Gasteiger partial charge in [0, 0.05) is 13.0 Å². The highest BCUT2D eigenvalue weighted by molar-refractivity contribution is 5.69. The van der Waals surface area contributed by atoms with Crippen LogP contribution in [0.3, 0.4) is 0 Å². The standard InChI is InChI=1S/C41H80O8/c1-5-7-9-19-25-33(3)27-21-15-12-11-13-18-24-30-47-31-35(42)32-48-40-38(45)37(44)39(46)41(40)49-36(43)29-23-17-14-16-22-28-34(4)26-20-10-8-6-2/h33-35,37-42,44-46H,5-32H2,1-4H3/t33?,34?,35?,37-,38-,39+,40+,41-/m0/s1. The number of hydrogen-bond donors (Lipinski definition) is 4. The molecule has 0 radical (unpaired) electrons. The molecule has 292 valence electrons. The number of unbranched alkanes of at least 4 members (excludes halogenated alkanes) is 16. The molecule has 0 saturated heterocycles. The summed E-state index contributed by atoms with van der Waals surface area (Å²) in [6.45, 7) is 9.75. The third-order valence-corrected chi connectivity index (χ3v) is 10.4. The van der Waals surface area contributed by atoms with Crippen molar-refractivity contribution in [3.8, 4) is 0 Å². The van der Waals surface area contributed by atoms with Crippen LogP contribution in [0, 0.1) is 11.8 Å². The zero-order valence-electron chi connectivity index (χ0n) is 32.3. The third-order valence-electron chi connectivity index (χ3n) is 10.4. The number of aliphatic hydroxyl groups excluding tert-OH is 4. The normalized spacial score (nSPS) is 22.7. The Labute approximate surface area is 301 Å². The van der Waals surface area contributed by atoms with E-state index in [-0.39, 0.29) is 19.6 Å². The second kappa shape index (κ2) is 30.8. The average Bonchev–Trinajstić information content (AvgIpc) is 3.28. The fraction of sp³-hybridized carbons (Fsp3) is 0.976. The fourth-order valence-corrected chi connectivity index (χ4v) is 7.01. The molecule has 0 aliphatic heterocycles. The smallest absolute Gasteiger partial charge is 0.306 e. The molecular formula is C41H80O8. The van der Waals surface area contributed by atoms with Crippen molar-refractivity contribution in [2.24, 2.45) is 11.8 Å². The van der Waals surface area contributed by atoms with Gasteiger partial charge < -0.3 is 34.6 Å². The Morgan fingerprint density at radius 1 is 0.551 bits per heavy atom. The SMILES string of the molecule is CCCCCCC(C)CCCCCCCCCOCC(O)CO[C@@H]1[C@@H](O)[C@H](O)[C@@H](O)[C@@H]1OC(=O)CCCCCCCC(C)CCCCCC. The molecular weight excluding hydrogens is 620 g/mol. The van der Waals surface area contributed by atoms with Gasteiger partial charge >= 0.3 is 5.97 Å². The van der Waals surface area contributed by atoms with Crippen LogP contribution >= 0.6 is 0 Å². The summed E-state index contributed by atoms with van der Waals surface area (Å²) >= 11 is 0. The minimum Gasteiger partial charge on any atom is -0.457 e. The van der Waals surface area contributed by atoms with E-state index in [0.29, 0.717) is 13.0 Å². The van der Waals surface area contributed by atoms with Gasteiger partial charge in [-0.1, -0.05) is 169 Å². The summed E-state index contributed by atoms with van der Waals surface area (Å²) in [7, 11) is 0. The molecule has 1 saturated carbocycles. The zero-order chi connectivity index (χ0) is 36.1. The predicted molar refractivity (Wildman–Crippen MR) is 200 cm³/mol. The van der Waals surface area contributed by atoms with Crippen LogP contribution in [0.25, 0.3) is 0 Å². The van der Waals surface area contributed by atoms with Crippen LogP contribution in [-0.4, -0.2) is 82.8 Å². The van der Waals surface area contributed by atoms with E-state index in [0.717, 1.165) is 43.9 Å². The first-order chi connectivity index (χ1) is 23.7. The molecule has 1 rings (SSSR count). The minimum absolute atomic E-state index is 0.0902. The van der Waals surface area contributed by atoms with Crippen molar-refractivity contribution in [3.05, 3.63) is 0 Å². The van der Waals surface area contributed by atoms with Gasteiger partial charge in [-0.05, 0) is 24.7 Å². The maximum atomic E-state index is 12.5. The molecule has 8 nitrogen and oxygen atoms in total. The van der Waals surface area contributed by atoms with Crippen molar-refractivity contribution >= 4 is 5.97 Å². The van der Waals surface area contributed by atoms with Crippen molar-refractivity contribution in [2.45, 2.75) is 225 Å². The van der Waals surface area contributed by atoms with E-state index in [4.69, 9.17) is 14.2 Å². The van der Waals surface area contributed by atoms with Gasteiger partial charge in [0.25, 0.3) is 0 Å². The quantitative estimate of drug-likeness (QED) is 0.0388. The molecule has 0 amide bonds. The highest BCUT2D eigenvalue weighted by atomic mass is 16.6. The van der Waals surface area contributed by atoms with E-state index in [1.165, 1.54) is 116 Å². The molecule has 0 aromatic rings. The largest absolute Gasteiger partial charge is 0.457 e. The number of rotatable bonds is 34. The number of hydrogen-bond acceptors (Lipinski definition) is 8. The Morgan fingerprint density at radius 3 is 1.49 bits per heavy atom. The maximum Gasteiger partial charge on any atom is 0.306 e. The lowest BCUT2D eigenvalue weighted by Gasteiger charge is -2.24. The van der Waals surface area contributed by atoms with Crippen molar-refractivity contribution in [2.75, 3.05) is 19.8 Å². The van der Waals surface area contributed by atoms with E-state index in [2.05, 4.69) is 27.7 Å². The van der Waals surface area contributed by atoms with Crippen molar-refractivity contribution in [1.29, 1.82) is 0 Å². The molecule has 1 fully saturated rings. The van der Waals surface area contributed by atoms with Crippen molar-refractivity contribution in [3.63, 3.8) is 0 Å². The van der Waals surface area contributed by atoms with Gasteiger partial charge in [0.15, 0.2) is 6.10 Å².